The van der Waals surface area contributed by atoms with Gasteiger partial charge in [-0.2, -0.15) is 0 Å². The van der Waals surface area contributed by atoms with Crippen LogP contribution in [0.1, 0.15) is 6.92 Å². The van der Waals surface area contributed by atoms with Crippen molar-refractivity contribution in [3.05, 3.63) is 0 Å². The molecule has 0 aromatic carbocycles. The number of nitrogens with zero attached hydrogens (tertiary/aromatic N) is 1. The highest BCUT2D eigenvalue weighted by atomic mass is 16.1. The van der Waals surface area contributed by atoms with Gasteiger partial charge in [0.05, 0.1) is 19.6 Å². The van der Waals surface area contributed by atoms with Gasteiger partial charge in [0.25, 0.3) is 0 Å². The van der Waals surface area contributed by atoms with Crippen LogP contribution in [0.15, 0.2) is 0 Å². The molecule has 0 unspecified atom stereocenters. The molecule has 0 aliphatic rings. The first-order chi connectivity index (χ1) is 8.91. The standard InChI is InChI=1S/C11H23N5O3/c1-9(17)6-14-2-4-16(8-11(13)19)5-3-15-7-10(12)18/h14-15H,2-8H2,1H3,(H2,12,18)(H2,13,19). The van der Waals surface area contributed by atoms with Crippen LogP contribution in [0.4, 0.5) is 0 Å². The Morgan fingerprint density at radius 2 is 1.47 bits per heavy atom. The third-order valence-corrected chi connectivity index (χ3v) is 2.26. The summed E-state index contributed by atoms with van der Waals surface area (Å²) in [6.45, 7) is 4.33. The quantitative estimate of drug-likeness (QED) is 0.281. The van der Waals surface area contributed by atoms with Crippen LogP contribution in [0.5, 0.6) is 0 Å². The Labute approximate surface area is 112 Å². The maximum atomic E-state index is 10.9. The van der Waals surface area contributed by atoms with Crippen LogP contribution in [-0.2, 0) is 14.4 Å². The Hall–Kier alpha value is -1.51. The fourth-order valence-electron chi connectivity index (χ4n) is 1.44. The Balaban J connectivity index is 3.84. The summed E-state index contributed by atoms with van der Waals surface area (Å²) >= 11 is 0. The molecule has 0 bridgehead atoms. The van der Waals surface area contributed by atoms with Gasteiger partial charge in [0.15, 0.2) is 0 Å². The van der Waals surface area contributed by atoms with Crippen LogP contribution in [0, 0.1) is 0 Å². The fraction of sp³-hybridized carbons (Fsp3) is 0.727. The zero-order chi connectivity index (χ0) is 14.7. The van der Waals surface area contributed by atoms with E-state index in [1.165, 1.54) is 6.92 Å². The van der Waals surface area contributed by atoms with E-state index in [0.29, 0.717) is 32.7 Å². The topological polar surface area (TPSA) is 131 Å². The van der Waals surface area contributed by atoms with E-state index in [1.807, 2.05) is 4.90 Å². The summed E-state index contributed by atoms with van der Waals surface area (Å²) in [4.78, 5) is 34.0. The van der Waals surface area contributed by atoms with Gasteiger partial charge in [-0.15, -0.1) is 0 Å². The molecule has 0 aliphatic heterocycles. The first-order valence-corrected chi connectivity index (χ1v) is 6.11. The number of amides is 2. The molecular weight excluding hydrogens is 250 g/mol. The minimum absolute atomic E-state index is 0.0598. The number of hydrogen-bond donors (Lipinski definition) is 4. The predicted octanol–water partition coefficient (Wildman–Crippen LogP) is -2.97. The number of carbonyl (C=O) groups is 3. The highest BCUT2D eigenvalue weighted by molar-refractivity contribution is 5.77. The van der Waals surface area contributed by atoms with Gasteiger partial charge in [-0.05, 0) is 6.92 Å². The van der Waals surface area contributed by atoms with Crippen molar-refractivity contribution in [1.29, 1.82) is 0 Å². The first kappa shape index (κ1) is 17.5. The maximum absolute atomic E-state index is 10.9. The highest BCUT2D eigenvalue weighted by Gasteiger charge is 2.07. The lowest BCUT2D eigenvalue weighted by Crippen LogP contribution is -2.43. The second-order valence-corrected chi connectivity index (χ2v) is 4.26. The van der Waals surface area contributed by atoms with E-state index in [1.54, 1.807) is 0 Å². The van der Waals surface area contributed by atoms with Gasteiger partial charge in [0, 0.05) is 26.2 Å². The normalized spacial score (nSPS) is 10.6. The van der Waals surface area contributed by atoms with Crippen LogP contribution < -0.4 is 22.1 Å². The summed E-state index contributed by atoms with van der Waals surface area (Å²) < 4.78 is 0. The van der Waals surface area contributed by atoms with E-state index >= 15 is 0 Å². The zero-order valence-electron chi connectivity index (χ0n) is 11.3. The summed E-state index contributed by atoms with van der Waals surface area (Å²) in [5.41, 5.74) is 10.1. The van der Waals surface area contributed by atoms with Gasteiger partial charge in [-0.25, -0.2) is 0 Å². The first-order valence-electron chi connectivity index (χ1n) is 6.11. The van der Waals surface area contributed by atoms with Gasteiger partial charge in [-0.3, -0.25) is 19.3 Å². The van der Waals surface area contributed by atoms with Gasteiger partial charge in [0.1, 0.15) is 5.78 Å². The van der Waals surface area contributed by atoms with E-state index in [2.05, 4.69) is 10.6 Å². The minimum Gasteiger partial charge on any atom is -0.369 e. The van der Waals surface area contributed by atoms with E-state index in [9.17, 15) is 14.4 Å². The van der Waals surface area contributed by atoms with E-state index in [-0.39, 0.29) is 18.9 Å². The summed E-state index contributed by atoms with van der Waals surface area (Å²) in [5.74, 6) is -0.782. The Morgan fingerprint density at radius 3 is 1.89 bits per heavy atom. The lowest BCUT2D eigenvalue weighted by molar-refractivity contribution is -0.119. The van der Waals surface area contributed by atoms with Gasteiger partial charge in [-0.1, -0.05) is 0 Å². The Morgan fingerprint density at radius 1 is 0.947 bits per heavy atom. The average Bonchev–Trinajstić information content (AvgIpc) is 2.28. The van der Waals surface area contributed by atoms with Crippen LogP contribution in [0.3, 0.4) is 0 Å². The molecule has 0 saturated carbocycles. The van der Waals surface area contributed by atoms with Crippen LogP contribution in [0.25, 0.3) is 0 Å². The zero-order valence-corrected chi connectivity index (χ0v) is 11.3. The molecule has 0 atom stereocenters. The molecule has 0 aromatic heterocycles. The third-order valence-electron chi connectivity index (χ3n) is 2.26. The number of primary amides is 2. The number of nitrogens with two attached hydrogens (primary N) is 2. The molecule has 0 saturated heterocycles. The van der Waals surface area contributed by atoms with Crippen molar-refractivity contribution in [1.82, 2.24) is 15.5 Å². The van der Waals surface area contributed by atoms with Crippen molar-refractivity contribution in [3.63, 3.8) is 0 Å². The number of hydrogen-bond acceptors (Lipinski definition) is 6. The SMILES string of the molecule is CC(=O)CNCCN(CCNCC(N)=O)CC(N)=O. The van der Waals surface area contributed by atoms with Crippen LogP contribution in [0.2, 0.25) is 0 Å². The molecule has 0 rings (SSSR count). The lowest BCUT2D eigenvalue weighted by Gasteiger charge is -2.20. The predicted molar refractivity (Wildman–Crippen MR) is 71.2 cm³/mol. The van der Waals surface area contributed by atoms with Crippen molar-refractivity contribution < 1.29 is 14.4 Å². The molecule has 6 N–H and O–H groups in total. The molecule has 0 radical (unpaired) electrons. The average molecular weight is 273 g/mol. The lowest BCUT2D eigenvalue weighted by atomic mass is 10.4. The maximum Gasteiger partial charge on any atom is 0.231 e. The molecule has 8 nitrogen and oxygen atoms in total. The summed E-state index contributed by atoms with van der Waals surface area (Å²) in [6, 6.07) is 0. The molecule has 0 aliphatic carbocycles. The Bertz CT molecular complexity index is 287. The largest absolute Gasteiger partial charge is 0.369 e. The molecule has 2 amide bonds. The van der Waals surface area contributed by atoms with E-state index < -0.39 is 11.8 Å². The third kappa shape index (κ3) is 12.7. The molecule has 0 aromatic rings. The second-order valence-electron chi connectivity index (χ2n) is 4.26. The molecule has 0 heterocycles. The Kier molecular flexibility index (Phi) is 9.59. The molecule has 0 spiro atoms. The summed E-state index contributed by atoms with van der Waals surface area (Å²) in [6.07, 6.45) is 0. The van der Waals surface area contributed by atoms with Crippen molar-refractivity contribution in [3.8, 4) is 0 Å². The summed E-state index contributed by atoms with van der Waals surface area (Å²) in [7, 11) is 0. The number of nitrogens with one attached hydrogen (secondary N) is 2. The smallest absolute Gasteiger partial charge is 0.231 e. The minimum atomic E-state index is -0.426. The molecule has 8 heteroatoms. The van der Waals surface area contributed by atoms with Gasteiger partial charge in [0.2, 0.25) is 11.8 Å². The highest BCUT2D eigenvalue weighted by Crippen LogP contribution is 1.85. The van der Waals surface area contributed by atoms with Crippen molar-refractivity contribution >= 4 is 17.6 Å². The van der Waals surface area contributed by atoms with E-state index in [4.69, 9.17) is 11.5 Å². The molecular formula is C11H23N5O3. The second kappa shape index (κ2) is 10.4. The molecule has 19 heavy (non-hydrogen) atoms. The monoisotopic (exact) mass is 273 g/mol. The number of ketones is 1. The van der Waals surface area contributed by atoms with E-state index in [0.717, 1.165) is 0 Å². The van der Waals surface area contributed by atoms with Gasteiger partial charge < -0.3 is 22.1 Å². The molecule has 0 fully saturated rings. The van der Waals surface area contributed by atoms with Crippen LogP contribution in [-0.4, -0.2) is 68.3 Å². The number of carbonyl (C=O) groups excluding carboxylic acids is 3. The summed E-state index contributed by atoms with van der Waals surface area (Å²) in [5, 5.41) is 5.81. The fourth-order valence-corrected chi connectivity index (χ4v) is 1.44. The number of Topliss-reactive ketones (excluding diaryl/α,β-unsaturated/α-hetero) is 1. The number of rotatable bonds is 12. The van der Waals surface area contributed by atoms with Gasteiger partial charge >= 0.3 is 0 Å². The van der Waals surface area contributed by atoms with Crippen molar-refractivity contribution in [2.75, 3.05) is 45.8 Å². The molecule has 110 valence electrons. The van der Waals surface area contributed by atoms with Crippen LogP contribution >= 0.6 is 0 Å². The van der Waals surface area contributed by atoms with Crippen molar-refractivity contribution in [2.24, 2.45) is 11.5 Å². The van der Waals surface area contributed by atoms with Crippen molar-refractivity contribution in [2.45, 2.75) is 6.92 Å².